The van der Waals surface area contributed by atoms with Crippen LogP contribution in [-0.4, -0.2) is 16.0 Å². The molecule has 1 N–H and O–H groups in total. The fourth-order valence-corrected chi connectivity index (χ4v) is 2.12. The van der Waals surface area contributed by atoms with Gasteiger partial charge in [0.1, 0.15) is 0 Å². The summed E-state index contributed by atoms with van der Waals surface area (Å²) >= 11 is 0. The average Bonchev–Trinajstić information content (AvgIpc) is 2.52. The summed E-state index contributed by atoms with van der Waals surface area (Å²) in [7, 11) is 0. The molecule has 5 heteroatoms. The largest absolute Gasteiger partial charge is 0.478 e. The molecule has 0 unspecified atom stereocenters. The van der Waals surface area contributed by atoms with E-state index in [9.17, 15) is 20.0 Å². The fourth-order valence-electron chi connectivity index (χ4n) is 2.12. The van der Waals surface area contributed by atoms with Crippen LogP contribution >= 0.6 is 0 Å². The molecule has 5 nitrogen and oxygen atoms in total. The van der Waals surface area contributed by atoms with Gasteiger partial charge in [0.25, 0.3) is 5.69 Å². The van der Waals surface area contributed by atoms with E-state index in [1.165, 1.54) is 18.2 Å². The van der Waals surface area contributed by atoms with Gasteiger partial charge in [0.05, 0.1) is 16.1 Å². The normalized spacial score (nSPS) is 11.2. The summed E-state index contributed by atoms with van der Waals surface area (Å²) in [6.45, 7) is 2.01. The Kier molecular flexibility index (Phi) is 4.68. The first-order valence-corrected chi connectivity index (χ1v) is 6.80. The number of benzene rings is 2. The van der Waals surface area contributed by atoms with Crippen molar-refractivity contribution < 1.29 is 14.8 Å². The number of hydrogen-bond acceptors (Lipinski definition) is 3. The van der Waals surface area contributed by atoms with Crippen molar-refractivity contribution in [3.8, 4) is 0 Å². The number of rotatable bonds is 5. The van der Waals surface area contributed by atoms with Crippen LogP contribution in [0.3, 0.4) is 0 Å². The van der Waals surface area contributed by atoms with E-state index < -0.39 is 10.9 Å². The highest BCUT2D eigenvalue weighted by atomic mass is 16.6. The second-order valence-electron chi connectivity index (χ2n) is 4.73. The van der Waals surface area contributed by atoms with Crippen LogP contribution in [0.4, 0.5) is 5.69 Å². The van der Waals surface area contributed by atoms with E-state index >= 15 is 0 Å². The number of para-hydroxylation sites is 1. The number of carboxylic acid groups (broad SMARTS) is 1. The van der Waals surface area contributed by atoms with Crippen LogP contribution in [0.15, 0.2) is 48.5 Å². The lowest BCUT2D eigenvalue weighted by Crippen LogP contribution is -2.00. The maximum Gasteiger partial charge on any atom is 0.336 e. The number of nitro groups is 1. The molecule has 0 saturated heterocycles. The Morgan fingerprint density at radius 1 is 1.18 bits per heavy atom. The number of aliphatic carboxylic acids is 1. The summed E-state index contributed by atoms with van der Waals surface area (Å²) in [5, 5.41) is 20.4. The molecule has 2 aromatic rings. The highest BCUT2D eigenvalue weighted by Gasteiger charge is 2.15. The van der Waals surface area contributed by atoms with Gasteiger partial charge < -0.3 is 5.11 Å². The molecule has 0 saturated carbocycles. The minimum Gasteiger partial charge on any atom is -0.478 e. The molecule has 0 aliphatic carbocycles. The molecule has 0 atom stereocenters. The molecule has 0 amide bonds. The van der Waals surface area contributed by atoms with Crippen molar-refractivity contribution in [1.82, 2.24) is 0 Å². The topological polar surface area (TPSA) is 80.4 Å². The Hall–Kier alpha value is -2.95. The lowest BCUT2D eigenvalue weighted by molar-refractivity contribution is -0.385. The first kappa shape index (κ1) is 15.4. The molecule has 0 fully saturated rings. The van der Waals surface area contributed by atoms with Gasteiger partial charge in [0, 0.05) is 6.07 Å². The minimum absolute atomic E-state index is 0.0250. The second kappa shape index (κ2) is 6.67. The molecule has 112 valence electrons. The third-order valence-corrected chi connectivity index (χ3v) is 3.34. The van der Waals surface area contributed by atoms with E-state index in [0.29, 0.717) is 5.56 Å². The Bertz CT molecular complexity index is 733. The quantitative estimate of drug-likeness (QED) is 0.394. The first-order valence-electron chi connectivity index (χ1n) is 6.80. The third-order valence-electron chi connectivity index (χ3n) is 3.34. The van der Waals surface area contributed by atoms with Gasteiger partial charge in [-0.3, -0.25) is 10.1 Å². The molecule has 2 aromatic carbocycles. The summed E-state index contributed by atoms with van der Waals surface area (Å²) in [6, 6.07) is 13.2. The molecular weight excluding hydrogens is 282 g/mol. The molecule has 0 aliphatic rings. The van der Waals surface area contributed by atoms with Crippen molar-refractivity contribution in [2.24, 2.45) is 0 Å². The van der Waals surface area contributed by atoms with E-state index in [0.717, 1.165) is 12.0 Å². The zero-order valence-corrected chi connectivity index (χ0v) is 12.0. The van der Waals surface area contributed by atoms with Crippen LogP contribution in [0.5, 0.6) is 0 Å². The van der Waals surface area contributed by atoms with Crippen molar-refractivity contribution in [1.29, 1.82) is 0 Å². The van der Waals surface area contributed by atoms with Gasteiger partial charge in [-0.15, -0.1) is 0 Å². The Morgan fingerprint density at radius 2 is 1.82 bits per heavy atom. The predicted octanol–water partition coefficient (Wildman–Crippen LogP) is 3.78. The predicted molar refractivity (Wildman–Crippen MR) is 84.4 cm³/mol. The highest BCUT2D eigenvalue weighted by Crippen LogP contribution is 2.25. The van der Waals surface area contributed by atoms with Gasteiger partial charge in [-0.05, 0) is 29.7 Å². The van der Waals surface area contributed by atoms with E-state index in [1.807, 2.05) is 19.1 Å². The maximum atomic E-state index is 11.5. The molecule has 0 heterocycles. The zero-order valence-electron chi connectivity index (χ0n) is 12.0. The Labute approximate surface area is 127 Å². The van der Waals surface area contributed by atoms with Crippen LogP contribution in [0, 0.1) is 10.1 Å². The van der Waals surface area contributed by atoms with Crippen LogP contribution in [-0.2, 0) is 11.2 Å². The van der Waals surface area contributed by atoms with Gasteiger partial charge in [0.15, 0.2) is 0 Å². The zero-order chi connectivity index (χ0) is 16.1. The number of carboxylic acids is 1. The average molecular weight is 297 g/mol. The van der Waals surface area contributed by atoms with Gasteiger partial charge in [-0.1, -0.05) is 43.3 Å². The van der Waals surface area contributed by atoms with Crippen LogP contribution in [0.2, 0.25) is 0 Å². The van der Waals surface area contributed by atoms with E-state index in [1.54, 1.807) is 24.3 Å². The smallest absolute Gasteiger partial charge is 0.336 e. The molecule has 2 rings (SSSR count). The molecule has 22 heavy (non-hydrogen) atoms. The number of nitrogens with zero attached hydrogens (tertiary/aromatic N) is 1. The number of aryl methyl sites for hydroxylation is 1. The Balaban J connectivity index is 2.52. The third kappa shape index (κ3) is 3.38. The summed E-state index contributed by atoms with van der Waals surface area (Å²) in [4.78, 5) is 22.0. The van der Waals surface area contributed by atoms with E-state index in [-0.39, 0.29) is 16.8 Å². The summed E-state index contributed by atoms with van der Waals surface area (Å²) in [6.07, 6.45) is 2.19. The summed E-state index contributed by atoms with van der Waals surface area (Å²) in [5.41, 5.74) is 1.79. The molecule has 0 aromatic heterocycles. The van der Waals surface area contributed by atoms with Gasteiger partial charge in [-0.25, -0.2) is 4.79 Å². The molecule has 0 spiro atoms. The SMILES string of the molecule is CCc1ccc(/C(=C/c2ccccc2[N+](=O)[O-])C(=O)O)cc1. The van der Waals surface area contributed by atoms with Crippen molar-refractivity contribution in [3.63, 3.8) is 0 Å². The number of carbonyl (C=O) groups is 1. The second-order valence-corrected chi connectivity index (χ2v) is 4.73. The first-order chi connectivity index (χ1) is 10.5. The van der Waals surface area contributed by atoms with Crippen molar-refractivity contribution in [3.05, 3.63) is 75.3 Å². The van der Waals surface area contributed by atoms with E-state index in [2.05, 4.69) is 0 Å². The molecular formula is C17H15NO4. The van der Waals surface area contributed by atoms with Gasteiger partial charge >= 0.3 is 5.97 Å². The standard InChI is InChI=1S/C17H15NO4/c1-2-12-7-9-13(10-8-12)15(17(19)20)11-14-5-3-4-6-16(14)18(21)22/h3-11H,2H2,1H3,(H,19,20)/b15-11-. The maximum absolute atomic E-state index is 11.5. The molecule has 0 radical (unpaired) electrons. The highest BCUT2D eigenvalue weighted by molar-refractivity contribution is 6.20. The molecule has 0 bridgehead atoms. The minimum atomic E-state index is -1.12. The number of hydrogen-bond donors (Lipinski definition) is 1. The van der Waals surface area contributed by atoms with Crippen LogP contribution < -0.4 is 0 Å². The molecule has 0 aliphatic heterocycles. The summed E-state index contributed by atoms with van der Waals surface area (Å²) in [5.74, 6) is -1.12. The fraction of sp³-hybridized carbons (Fsp3) is 0.118. The van der Waals surface area contributed by atoms with Crippen LogP contribution in [0.25, 0.3) is 11.6 Å². The summed E-state index contributed by atoms with van der Waals surface area (Å²) < 4.78 is 0. The van der Waals surface area contributed by atoms with Crippen molar-refractivity contribution in [2.75, 3.05) is 0 Å². The lowest BCUT2D eigenvalue weighted by atomic mass is 10.0. The van der Waals surface area contributed by atoms with Crippen molar-refractivity contribution in [2.45, 2.75) is 13.3 Å². The number of nitro benzene ring substituents is 1. The Morgan fingerprint density at radius 3 is 2.36 bits per heavy atom. The van der Waals surface area contributed by atoms with Crippen molar-refractivity contribution >= 4 is 23.3 Å². The lowest BCUT2D eigenvalue weighted by Gasteiger charge is -2.05. The van der Waals surface area contributed by atoms with Gasteiger partial charge in [-0.2, -0.15) is 0 Å². The van der Waals surface area contributed by atoms with Gasteiger partial charge in [0.2, 0.25) is 0 Å². The van der Waals surface area contributed by atoms with E-state index in [4.69, 9.17) is 0 Å². The van der Waals surface area contributed by atoms with Crippen LogP contribution in [0.1, 0.15) is 23.6 Å². The monoisotopic (exact) mass is 297 g/mol.